The molecule has 2 N–H and O–H groups in total. The summed E-state index contributed by atoms with van der Waals surface area (Å²) in [6.07, 6.45) is 4.97. The number of H-pyrrole nitrogens is 1. The molecule has 0 saturated carbocycles. The number of carbonyl (C=O) groups is 1. The van der Waals surface area contributed by atoms with Crippen molar-refractivity contribution < 1.29 is 9.90 Å². The van der Waals surface area contributed by atoms with Crippen molar-refractivity contribution >= 4 is 22.5 Å². The average molecular weight is 489 g/mol. The van der Waals surface area contributed by atoms with Crippen LogP contribution < -0.4 is 0 Å². The smallest absolute Gasteiger partial charge is 0.236 e. The highest BCUT2D eigenvalue weighted by molar-refractivity contribution is 5.92. The quantitative estimate of drug-likeness (QED) is 0.422. The fraction of sp³-hybridized carbons (Fsp3) is 0.464. The Labute approximate surface area is 211 Å². The van der Waals surface area contributed by atoms with Gasteiger partial charge in [0.2, 0.25) is 5.91 Å². The Balaban J connectivity index is 1.48. The third-order valence-electron chi connectivity index (χ3n) is 7.50. The van der Waals surface area contributed by atoms with Crippen LogP contribution in [-0.4, -0.2) is 74.1 Å². The zero-order chi connectivity index (χ0) is 25.6. The summed E-state index contributed by atoms with van der Waals surface area (Å²) in [6.45, 7) is 8.60. The van der Waals surface area contributed by atoms with Crippen molar-refractivity contribution in [3.8, 4) is 11.3 Å². The molecule has 0 bridgehead atoms. The molecule has 190 valence electrons. The largest absolute Gasteiger partial charge is 0.389 e. The van der Waals surface area contributed by atoms with Crippen LogP contribution in [0.2, 0.25) is 0 Å². The molecule has 1 aromatic carbocycles. The molecule has 0 aliphatic carbocycles. The highest BCUT2D eigenvalue weighted by Crippen LogP contribution is 2.39. The lowest BCUT2D eigenvalue weighted by molar-refractivity contribution is -0.130. The second-order valence-electron chi connectivity index (χ2n) is 10.6. The number of hydrogen-bond acceptors (Lipinski definition) is 5. The van der Waals surface area contributed by atoms with Gasteiger partial charge in [0.1, 0.15) is 6.33 Å². The third kappa shape index (κ3) is 4.51. The van der Waals surface area contributed by atoms with Gasteiger partial charge < -0.3 is 15.0 Å². The van der Waals surface area contributed by atoms with Crippen molar-refractivity contribution in [2.24, 2.45) is 0 Å². The molecule has 8 heteroatoms. The minimum Gasteiger partial charge on any atom is -0.389 e. The Morgan fingerprint density at radius 2 is 1.94 bits per heavy atom. The number of benzene rings is 1. The minimum absolute atomic E-state index is 0.166. The summed E-state index contributed by atoms with van der Waals surface area (Å²) >= 11 is 0. The monoisotopic (exact) mass is 488 g/mol. The van der Waals surface area contributed by atoms with Crippen LogP contribution in [0, 0.1) is 0 Å². The second-order valence-corrected chi connectivity index (χ2v) is 10.6. The molecule has 1 fully saturated rings. The van der Waals surface area contributed by atoms with E-state index < -0.39 is 6.10 Å². The number of nitrogens with one attached hydrogen (secondary N) is 1. The number of aliphatic hydroxyl groups excluding tert-OH is 1. The zero-order valence-corrected chi connectivity index (χ0v) is 21.8. The van der Waals surface area contributed by atoms with Gasteiger partial charge in [0.05, 0.1) is 18.3 Å². The number of nitrogens with zero attached hydrogens (tertiary/aromatic N) is 5. The molecular weight excluding hydrogens is 452 g/mol. The lowest BCUT2D eigenvalue weighted by atomic mass is 9.87. The molecule has 36 heavy (non-hydrogen) atoms. The minimum atomic E-state index is -0.644. The molecule has 1 aliphatic heterocycles. The van der Waals surface area contributed by atoms with E-state index in [0.29, 0.717) is 24.0 Å². The number of carbonyl (C=O) groups excluding carboxylic acids is 1. The van der Waals surface area contributed by atoms with Crippen LogP contribution in [0.3, 0.4) is 0 Å². The number of aromatic amines is 1. The van der Waals surface area contributed by atoms with Gasteiger partial charge in [0, 0.05) is 42.3 Å². The molecule has 0 radical (unpaired) electrons. The second kappa shape index (κ2) is 9.67. The molecule has 1 amide bonds. The van der Waals surface area contributed by atoms with Crippen LogP contribution in [0.25, 0.3) is 27.8 Å². The van der Waals surface area contributed by atoms with Crippen LogP contribution in [-0.2, 0) is 4.79 Å². The average Bonchev–Trinajstić information content (AvgIpc) is 3.47. The Hall–Kier alpha value is -3.23. The fourth-order valence-corrected chi connectivity index (χ4v) is 5.47. The number of piperidine rings is 1. The molecule has 1 saturated heterocycles. The van der Waals surface area contributed by atoms with Gasteiger partial charge in [-0.1, -0.05) is 19.9 Å². The first kappa shape index (κ1) is 24.5. The van der Waals surface area contributed by atoms with Gasteiger partial charge in [0.15, 0.2) is 5.65 Å². The van der Waals surface area contributed by atoms with E-state index in [1.807, 2.05) is 26.4 Å². The predicted octanol–water partition coefficient (Wildman–Crippen LogP) is 4.32. The number of fused-ring (bicyclic) bond motifs is 2. The first-order valence-corrected chi connectivity index (χ1v) is 12.8. The Morgan fingerprint density at radius 1 is 1.19 bits per heavy atom. The van der Waals surface area contributed by atoms with E-state index in [9.17, 15) is 9.90 Å². The van der Waals surface area contributed by atoms with E-state index in [-0.39, 0.29) is 5.91 Å². The summed E-state index contributed by atoms with van der Waals surface area (Å²) in [5.41, 5.74) is 7.25. The van der Waals surface area contributed by atoms with Crippen LogP contribution in [0.5, 0.6) is 0 Å². The van der Waals surface area contributed by atoms with Crippen LogP contribution >= 0.6 is 0 Å². The highest BCUT2D eigenvalue weighted by atomic mass is 16.3. The van der Waals surface area contributed by atoms with Crippen LogP contribution in [0.15, 0.2) is 36.8 Å². The van der Waals surface area contributed by atoms with E-state index >= 15 is 0 Å². The van der Waals surface area contributed by atoms with Gasteiger partial charge in [-0.15, -0.1) is 0 Å². The number of amides is 1. The van der Waals surface area contributed by atoms with E-state index in [1.165, 1.54) is 22.8 Å². The number of likely N-dealkylation sites (N-methyl/N-ethyl adjacent to an activating group) is 1. The summed E-state index contributed by atoms with van der Waals surface area (Å²) < 4.78 is 1.74. The first-order valence-electron chi connectivity index (χ1n) is 12.8. The molecule has 1 aliphatic rings. The number of aromatic nitrogens is 4. The maximum Gasteiger partial charge on any atom is 0.236 e. The summed E-state index contributed by atoms with van der Waals surface area (Å²) in [7, 11) is 3.63. The van der Waals surface area contributed by atoms with E-state index in [0.717, 1.165) is 48.3 Å². The van der Waals surface area contributed by atoms with Crippen molar-refractivity contribution in [2.75, 3.05) is 33.7 Å². The molecule has 1 unspecified atom stereocenters. The van der Waals surface area contributed by atoms with Crippen LogP contribution in [0.1, 0.15) is 68.2 Å². The Kier molecular flexibility index (Phi) is 6.57. The normalized spacial score (nSPS) is 16.3. The molecule has 5 rings (SSSR count). The predicted molar refractivity (Wildman–Crippen MR) is 142 cm³/mol. The van der Waals surface area contributed by atoms with Crippen molar-refractivity contribution in [3.05, 3.63) is 53.5 Å². The summed E-state index contributed by atoms with van der Waals surface area (Å²) in [4.78, 5) is 24.0. The standard InChI is InChI=1S/C28H36N6O2/c1-17(2)26-23-12-20(19-8-10-33(11-9-19)15-25(36)32(4)5)6-7-24(23)31-27(26)21-13-22(18(3)35)28-29-16-30-34(28)14-21/h6-7,12-14,16-19,31,35H,8-11,15H2,1-5H3. The molecule has 1 atom stereocenters. The molecule has 4 aromatic rings. The first-order chi connectivity index (χ1) is 17.2. The van der Waals surface area contributed by atoms with Crippen molar-refractivity contribution in [1.82, 2.24) is 29.4 Å². The number of rotatable bonds is 6. The molecule has 4 heterocycles. The zero-order valence-electron chi connectivity index (χ0n) is 21.8. The van der Waals surface area contributed by atoms with Gasteiger partial charge >= 0.3 is 0 Å². The molecule has 8 nitrogen and oxygen atoms in total. The highest BCUT2D eigenvalue weighted by Gasteiger charge is 2.24. The van der Waals surface area contributed by atoms with Crippen molar-refractivity contribution in [1.29, 1.82) is 0 Å². The lowest BCUT2D eigenvalue weighted by Crippen LogP contribution is -2.40. The number of likely N-dealkylation sites (tertiary alicyclic amines) is 1. The Bertz CT molecular complexity index is 1390. The van der Waals surface area contributed by atoms with E-state index in [4.69, 9.17) is 0 Å². The maximum atomic E-state index is 12.1. The van der Waals surface area contributed by atoms with Gasteiger partial charge in [-0.3, -0.25) is 9.69 Å². The van der Waals surface area contributed by atoms with E-state index in [1.54, 1.807) is 16.3 Å². The lowest BCUT2D eigenvalue weighted by Gasteiger charge is -2.32. The Morgan fingerprint density at radius 3 is 2.61 bits per heavy atom. The van der Waals surface area contributed by atoms with Gasteiger partial charge in [0.25, 0.3) is 0 Å². The topological polar surface area (TPSA) is 89.8 Å². The van der Waals surface area contributed by atoms with Gasteiger partial charge in [-0.25, -0.2) is 9.50 Å². The van der Waals surface area contributed by atoms with Gasteiger partial charge in [-0.05, 0) is 74.0 Å². The van der Waals surface area contributed by atoms with E-state index in [2.05, 4.69) is 52.0 Å². The fourth-order valence-electron chi connectivity index (χ4n) is 5.47. The SMILES string of the molecule is CC(C)c1c(-c2cc(C(C)O)c3ncnn3c2)[nH]c2ccc(C3CCN(CC(=O)N(C)C)CC3)cc12. The van der Waals surface area contributed by atoms with Crippen molar-refractivity contribution in [2.45, 2.75) is 51.6 Å². The molecule has 0 spiro atoms. The summed E-state index contributed by atoms with van der Waals surface area (Å²) in [6, 6.07) is 8.84. The van der Waals surface area contributed by atoms with Crippen LogP contribution in [0.4, 0.5) is 0 Å². The number of hydrogen-bond donors (Lipinski definition) is 2. The molecule has 3 aromatic heterocycles. The maximum absolute atomic E-state index is 12.1. The number of aliphatic hydroxyl groups is 1. The van der Waals surface area contributed by atoms with Gasteiger partial charge in [-0.2, -0.15) is 5.10 Å². The number of pyridine rings is 1. The third-order valence-corrected chi connectivity index (χ3v) is 7.50. The summed E-state index contributed by atoms with van der Waals surface area (Å²) in [5, 5.41) is 16.0. The summed E-state index contributed by atoms with van der Waals surface area (Å²) in [5.74, 6) is 0.968. The molecular formula is C28H36N6O2. The van der Waals surface area contributed by atoms with Crippen molar-refractivity contribution in [3.63, 3.8) is 0 Å².